The van der Waals surface area contributed by atoms with Gasteiger partial charge in [0.15, 0.2) is 0 Å². The van der Waals surface area contributed by atoms with Gasteiger partial charge in [0, 0.05) is 19.6 Å². The standard InChI is InChI=1S/C17H20N2O2/c20-16(13-18-11-14-7-3-1-4-8-14)17(21)19-12-15-9-5-2-6-10-15/h1-10,16,18,20H,11-13H2,(H,19,21)/t16-/m0/s1. The molecule has 0 unspecified atom stereocenters. The number of carbonyl (C=O) groups is 1. The summed E-state index contributed by atoms with van der Waals surface area (Å²) in [5, 5.41) is 15.6. The van der Waals surface area contributed by atoms with E-state index in [1.54, 1.807) is 0 Å². The summed E-state index contributed by atoms with van der Waals surface area (Å²) in [5.41, 5.74) is 2.13. The lowest BCUT2D eigenvalue weighted by Crippen LogP contribution is -2.40. The van der Waals surface area contributed by atoms with Crippen LogP contribution >= 0.6 is 0 Å². The number of aliphatic hydroxyl groups is 1. The Hall–Kier alpha value is -2.17. The number of carbonyl (C=O) groups excluding carboxylic acids is 1. The van der Waals surface area contributed by atoms with E-state index in [0.29, 0.717) is 13.1 Å². The largest absolute Gasteiger partial charge is 0.382 e. The van der Waals surface area contributed by atoms with E-state index >= 15 is 0 Å². The minimum Gasteiger partial charge on any atom is -0.382 e. The summed E-state index contributed by atoms with van der Waals surface area (Å²) in [7, 11) is 0. The highest BCUT2D eigenvalue weighted by Crippen LogP contribution is 1.99. The predicted octanol–water partition coefficient (Wildman–Crippen LogP) is 1.45. The predicted molar refractivity (Wildman–Crippen MR) is 82.4 cm³/mol. The SMILES string of the molecule is O=C(NCc1ccccc1)[C@@H](O)CNCc1ccccc1. The summed E-state index contributed by atoms with van der Waals surface area (Å²) in [6.45, 7) is 1.29. The second-order valence-electron chi connectivity index (χ2n) is 4.84. The smallest absolute Gasteiger partial charge is 0.250 e. The molecule has 0 saturated heterocycles. The minimum absolute atomic E-state index is 0.232. The Morgan fingerprint density at radius 3 is 2.00 bits per heavy atom. The molecule has 1 atom stereocenters. The van der Waals surface area contributed by atoms with E-state index in [2.05, 4.69) is 10.6 Å². The first-order valence-electron chi connectivity index (χ1n) is 7.00. The first-order chi connectivity index (χ1) is 10.3. The van der Waals surface area contributed by atoms with Crippen LogP contribution in [0, 0.1) is 0 Å². The Kier molecular flexibility index (Phi) is 5.94. The van der Waals surface area contributed by atoms with Crippen LogP contribution in [0.25, 0.3) is 0 Å². The van der Waals surface area contributed by atoms with Crippen molar-refractivity contribution in [3.63, 3.8) is 0 Å². The number of hydrogen-bond donors (Lipinski definition) is 3. The number of rotatable bonds is 7. The molecule has 0 aromatic heterocycles. The molecule has 0 aliphatic heterocycles. The molecule has 21 heavy (non-hydrogen) atoms. The zero-order valence-electron chi connectivity index (χ0n) is 11.8. The molecule has 2 aromatic carbocycles. The van der Waals surface area contributed by atoms with Gasteiger partial charge in [0.25, 0.3) is 0 Å². The highest BCUT2D eigenvalue weighted by molar-refractivity contribution is 5.80. The summed E-state index contributed by atoms with van der Waals surface area (Å²) < 4.78 is 0. The summed E-state index contributed by atoms with van der Waals surface area (Å²) in [6.07, 6.45) is -1.04. The van der Waals surface area contributed by atoms with Crippen molar-refractivity contribution < 1.29 is 9.90 Å². The lowest BCUT2D eigenvalue weighted by Gasteiger charge is -2.12. The molecule has 2 rings (SSSR count). The maximum atomic E-state index is 11.8. The van der Waals surface area contributed by atoms with Gasteiger partial charge in [0.05, 0.1) is 0 Å². The van der Waals surface area contributed by atoms with Gasteiger partial charge in [-0.3, -0.25) is 4.79 Å². The van der Waals surface area contributed by atoms with Crippen molar-refractivity contribution in [3.05, 3.63) is 71.8 Å². The normalized spacial score (nSPS) is 11.9. The average Bonchev–Trinajstić information content (AvgIpc) is 2.54. The molecule has 0 heterocycles. The number of hydrogen-bond acceptors (Lipinski definition) is 3. The molecule has 0 radical (unpaired) electrons. The summed E-state index contributed by atoms with van der Waals surface area (Å²) in [6, 6.07) is 19.5. The maximum Gasteiger partial charge on any atom is 0.250 e. The number of nitrogens with one attached hydrogen (secondary N) is 2. The van der Waals surface area contributed by atoms with E-state index in [-0.39, 0.29) is 12.5 Å². The van der Waals surface area contributed by atoms with Crippen molar-refractivity contribution in [3.8, 4) is 0 Å². The first kappa shape index (κ1) is 15.2. The molecular weight excluding hydrogens is 264 g/mol. The lowest BCUT2D eigenvalue weighted by molar-refractivity contribution is -0.129. The molecule has 0 bridgehead atoms. The third kappa shape index (κ3) is 5.38. The van der Waals surface area contributed by atoms with Crippen LogP contribution in [0.15, 0.2) is 60.7 Å². The van der Waals surface area contributed by atoms with Crippen LogP contribution in [0.4, 0.5) is 0 Å². The van der Waals surface area contributed by atoms with E-state index in [9.17, 15) is 9.90 Å². The molecule has 0 fully saturated rings. The summed E-state index contributed by atoms with van der Waals surface area (Å²) >= 11 is 0. The molecule has 110 valence electrons. The van der Waals surface area contributed by atoms with E-state index in [1.807, 2.05) is 60.7 Å². The van der Waals surface area contributed by atoms with Crippen LogP contribution in [0.3, 0.4) is 0 Å². The van der Waals surface area contributed by atoms with Crippen LogP contribution in [0.2, 0.25) is 0 Å². The van der Waals surface area contributed by atoms with E-state index < -0.39 is 6.10 Å². The van der Waals surface area contributed by atoms with Crippen LogP contribution < -0.4 is 10.6 Å². The van der Waals surface area contributed by atoms with Gasteiger partial charge in [-0.2, -0.15) is 0 Å². The van der Waals surface area contributed by atoms with E-state index in [4.69, 9.17) is 0 Å². The van der Waals surface area contributed by atoms with E-state index in [0.717, 1.165) is 11.1 Å². The van der Waals surface area contributed by atoms with Crippen molar-refractivity contribution >= 4 is 5.91 Å². The van der Waals surface area contributed by atoms with Crippen molar-refractivity contribution in [2.24, 2.45) is 0 Å². The lowest BCUT2D eigenvalue weighted by atomic mass is 10.2. The van der Waals surface area contributed by atoms with Gasteiger partial charge in [0.2, 0.25) is 5.91 Å². The Morgan fingerprint density at radius 1 is 0.905 bits per heavy atom. The topological polar surface area (TPSA) is 61.4 Å². The molecule has 4 heteroatoms. The second kappa shape index (κ2) is 8.19. The Labute approximate surface area is 124 Å². The molecule has 2 aromatic rings. The molecule has 4 nitrogen and oxygen atoms in total. The molecule has 3 N–H and O–H groups in total. The Morgan fingerprint density at radius 2 is 1.43 bits per heavy atom. The second-order valence-corrected chi connectivity index (χ2v) is 4.84. The van der Waals surface area contributed by atoms with Crippen LogP contribution in [0.1, 0.15) is 11.1 Å². The van der Waals surface area contributed by atoms with Crippen molar-refractivity contribution in [1.82, 2.24) is 10.6 Å². The van der Waals surface area contributed by atoms with Gasteiger partial charge in [-0.15, -0.1) is 0 Å². The third-order valence-electron chi connectivity index (χ3n) is 3.12. The van der Waals surface area contributed by atoms with Crippen molar-refractivity contribution in [2.75, 3.05) is 6.54 Å². The van der Waals surface area contributed by atoms with Crippen molar-refractivity contribution in [2.45, 2.75) is 19.2 Å². The molecule has 0 spiro atoms. The molecular formula is C17H20N2O2. The number of amides is 1. The fourth-order valence-electron chi connectivity index (χ4n) is 1.94. The van der Waals surface area contributed by atoms with E-state index in [1.165, 1.54) is 0 Å². The molecule has 1 amide bonds. The van der Waals surface area contributed by atoms with Gasteiger partial charge >= 0.3 is 0 Å². The zero-order chi connectivity index (χ0) is 14.9. The summed E-state index contributed by atoms with van der Waals surface area (Å²) in [5.74, 6) is -0.362. The van der Waals surface area contributed by atoms with Gasteiger partial charge in [0.1, 0.15) is 6.10 Å². The van der Waals surface area contributed by atoms with Gasteiger partial charge in [-0.05, 0) is 11.1 Å². The molecule has 0 saturated carbocycles. The Bertz CT molecular complexity index is 543. The maximum absolute atomic E-state index is 11.8. The van der Waals surface area contributed by atoms with Gasteiger partial charge < -0.3 is 15.7 Å². The minimum atomic E-state index is -1.04. The van der Waals surface area contributed by atoms with Crippen molar-refractivity contribution in [1.29, 1.82) is 0 Å². The van der Waals surface area contributed by atoms with Gasteiger partial charge in [-0.1, -0.05) is 60.7 Å². The third-order valence-corrected chi connectivity index (χ3v) is 3.12. The fourth-order valence-corrected chi connectivity index (χ4v) is 1.94. The highest BCUT2D eigenvalue weighted by Gasteiger charge is 2.13. The number of benzene rings is 2. The van der Waals surface area contributed by atoms with Crippen LogP contribution in [-0.4, -0.2) is 23.7 Å². The monoisotopic (exact) mass is 284 g/mol. The quantitative estimate of drug-likeness (QED) is 0.721. The molecule has 0 aliphatic rings. The van der Waals surface area contributed by atoms with Crippen LogP contribution in [0.5, 0.6) is 0 Å². The average molecular weight is 284 g/mol. The summed E-state index contributed by atoms with van der Waals surface area (Å²) in [4.78, 5) is 11.8. The Balaban J connectivity index is 1.68. The van der Waals surface area contributed by atoms with Crippen LogP contribution in [-0.2, 0) is 17.9 Å². The fraction of sp³-hybridized carbons (Fsp3) is 0.235. The first-order valence-corrected chi connectivity index (χ1v) is 7.00. The number of aliphatic hydroxyl groups excluding tert-OH is 1. The molecule has 0 aliphatic carbocycles. The zero-order valence-corrected chi connectivity index (χ0v) is 11.8. The highest BCUT2D eigenvalue weighted by atomic mass is 16.3. The van der Waals surface area contributed by atoms with Gasteiger partial charge in [-0.25, -0.2) is 0 Å².